The van der Waals surface area contributed by atoms with Crippen molar-refractivity contribution in [1.82, 2.24) is 19.8 Å². The molecule has 2 aromatic carbocycles. The highest BCUT2D eigenvalue weighted by Crippen LogP contribution is 2.32. The molecule has 1 fully saturated rings. The molecule has 0 spiro atoms. The topological polar surface area (TPSA) is 80.5 Å². The summed E-state index contributed by atoms with van der Waals surface area (Å²) in [5.74, 6) is 1.48. The van der Waals surface area contributed by atoms with E-state index >= 15 is 0 Å². The molecule has 0 saturated carbocycles. The van der Waals surface area contributed by atoms with Crippen molar-refractivity contribution in [3.05, 3.63) is 53.6 Å². The van der Waals surface area contributed by atoms with Gasteiger partial charge in [-0.3, -0.25) is 0 Å². The van der Waals surface area contributed by atoms with Crippen molar-refractivity contribution in [1.29, 1.82) is 0 Å². The van der Waals surface area contributed by atoms with Crippen molar-refractivity contribution in [3.8, 4) is 0 Å². The molecule has 3 heterocycles. The van der Waals surface area contributed by atoms with Gasteiger partial charge in [0.1, 0.15) is 5.82 Å². The van der Waals surface area contributed by atoms with Gasteiger partial charge < -0.3 is 4.90 Å². The molecule has 1 aliphatic heterocycles. The number of anilines is 1. The van der Waals surface area contributed by atoms with Crippen LogP contribution in [0.1, 0.15) is 30.9 Å². The molecule has 160 valence electrons. The van der Waals surface area contributed by atoms with Crippen LogP contribution in [0.2, 0.25) is 0 Å². The molecule has 0 N–H and O–H groups in total. The fourth-order valence-electron chi connectivity index (χ4n) is 4.16. The largest absolute Gasteiger partial charge is 0.356 e. The van der Waals surface area contributed by atoms with E-state index in [2.05, 4.69) is 22.1 Å². The number of piperidine rings is 1. The fraction of sp³-hybridized carbons (Fsp3) is 0.348. The molecule has 4 aromatic rings. The summed E-state index contributed by atoms with van der Waals surface area (Å²) in [6.07, 6.45) is 2.18. The maximum Gasteiger partial charge on any atom is 0.229 e. The van der Waals surface area contributed by atoms with Gasteiger partial charge in [0.2, 0.25) is 14.9 Å². The van der Waals surface area contributed by atoms with E-state index < -0.39 is 9.84 Å². The first-order valence-corrected chi connectivity index (χ1v) is 12.1. The lowest BCUT2D eigenvalue weighted by atomic mass is 9.99. The number of aryl methyl sites for hydroxylation is 2. The SMILES string of the molecule is Cc1ccc(S(=O)(=O)c2nnn3c2nc(N2CCC(C)CC2)c2ccccc23)cc1C. The Bertz CT molecular complexity index is 1400. The molecule has 1 aliphatic rings. The summed E-state index contributed by atoms with van der Waals surface area (Å²) in [6, 6.07) is 13.0. The standard InChI is InChI=1S/C23H25N5O2S/c1-15-10-12-27(13-11-15)21-19-6-4-5-7-20(19)28-22(24-21)23(25-26-28)31(29,30)18-9-8-16(2)17(3)14-18/h4-9,14-15H,10-13H2,1-3H3. The highest BCUT2D eigenvalue weighted by molar-refractivity contribution is 7.91. The van der Waals surface area contributed by atoms with E-state index in [0.29, 0.717) is 5.92 Å². The van der Waals surface area contributed by atoms with E-state index in [-0.39, 0.29) is 15.6 Å². The molecule has 0 radical (unpaired) electrons. The van der Waals surface area contributed by atoms with Crippen LogP contribution in [-0.4, -0.2) is 41.3 Å². The Morgan fingerprint density at radius 3 is 2.48 bits per heavy atom. The first kappa shape index (κ1) is 19.9. The normalized spacial score (nSPS) is 15.8. The highest BCUT2D eigenvalue weighted by Gasteiger charge is 2.28. The number of fused-ring (bicyclic) bond motifs is 3. The van der Waals surface area contributed by atoms with Crippen LogP contribution < -0.4 is 4.90 Å². The smallest absolute Gasteiger partial charge is 0.229 e. The van der Waals surface area contributed by atoms with Crippen molar-refractivity contribution in [2.24, 2.45) is 5.92 Å². The number of sulfone groups is 1. The number of hydrogen-bond donors (Lipinski definition) is 0. The lowest BCUT2D eigenvalue weighted by Crippen LogP contribution is -2.33. The second-order valence-corrected chi connectivity index (χ2v) is 10.4. The number of rotatable bonds is 3. The molecule has 0 unspecified atom stereocenters. The third-order valence-corrected chi connectivity index (χ3v) is 7.98. The van der Waals surface area contributed by atoms with E-state index in [0.717, 1.165) is 53.8 Å². The average molecular weight is 436 g/mol. The molecule has 8 heteroatoms. The minimum absolute atomic E-state index is 0.104. The van der Waals surface area contributed by atoms with Gasteiger partial charge in [-0.2, -0.15) is 4.52 Å². The average Bonchev–Trinajstić information content (AvgIpc) is 3.21. The monoisotopic (exact) mass is 435 g/mol. The first-order chi connectivity index (χ1) is 14.9. The van der Waals surface area contributed by atoms with Gasteiger partial charge in [-0.05, 0) is 68.0 Å². The van der Waals surface area contributed by atoms with Crippen LogP contribution in [0.25, 0.3) is 16.6 Å². The number of aromatic nitrogens is 4. The van der Waals surface area contributed by atoms with Crippen molar-refractivity contribution < 1.29 is 8.42 Å². The van der Waals surface area contributed by atoms with Crippen LogP contribution in [0, 0.1) is 19.8 Å². The maximum absolute atomic E-state index is 13.5. The van der Waals surface area contributed by atoms with Crippen LogP contribution in [0.3, 0.4) is 0 Å². The van der Waals surface area contributed by atoms with Crippen molar-refractivity contribution in [2.45, 2.75) is 43.5 Å². The molecule has 0 atom stereocenters. The first-order valence-electron chi connectivity index (χ1n) is 10.6. The van der Waals surface area contributed by atoms with Gasteiger partial charge in [0.05, 0.1) is 10.4 Å². The Kier molecular flexibility index (Phi) is 4.69. The quantitative estimate of drug-likeness (QED) is 0.485. The summed E-state index contributed by atoms with van der Waals surface area (Å²) < 4.78 is 28.5. The Morgan fingerprint density at radius 2 is 1.74 bits per heavy atom. The molecule has 5 rings (SSSR count). The molecule has 0 aliphatic carbocycles. The predicted octanol–water partition coefficient (Wildman–Crippen LogP) is 3.96. The highest BCUT2D eigenvalue weighted by atomic mass is 32.2. The van der Waals surface area contributed by atoms with Crippen LogP contribution in [0.5, 0.6) is 0 Å². The molecule has 31 heavy (non-hydrogen) atoms. The predicted molar refractivity (Wildman–Crippen MR) is 120 cm³/mol. The summed E-state index contributed by atoms with van der Waals surface area (Å²) in [4.78, 5) is 7.29. The Balaban J connectivity index is 1.73. The lowest BCUT2D eigenvalue weighted by Gasteiger charge is -2.32. The Hall–Kier alpha value is -3.00. The molecular formula is C23H25N5O2S. The van der Waals surface area contributed by atoms with Gasteiger partial charge in [-0.1, -0.05) is 30.3 Å². The number of nitrogens with zero attached hydrogens (tertiary/aromatic N) is 5. The second-order valence-electron chi connectivity index (χ2n) is 8.50. The third kappa shape index (κ3) is 3.26. The third-order valence-electron chi connectivity index (χ3n) is 6.33. The van der Waals surface area contributed by atoms with E-state index in [1.54, 1.807) is 16.6 Å². The minimum atomic E-state index is -3.86. The lowest BCUT2D eigenvalue weighted by molar-refractivity contribution is 0.437. The van der Waals surface area contributed by atoms with Gasteiger partial charge >= 0.3 is 0 Å². The van der Waals surface area contributed by atoms with Gasteiger partial charge in [0.15, 0.2) is 5.65 Å². The zero-order chi connectivity index (χ0) is 21.8. The fourth-order valence-corrected chi connectivity index (χ4v) is 5.48. The van der Waals surface area contributed by atoms with Gasteiger partial charge in [-0.15, -0.1) is 5.10 Å². The zero-order valence-electron chi connectivity index (χ0n) is 17.9. The molecule has 0 bridgehead atoms. The molecule has 2 aromatic heterocycles. The van der Waals surface area contributed by atoms with Crippen LogP contribution in [-0.2, 0) is 9.84 Å². The summed E-state index contributed by atoms with van der Waals surface area (Å²) in [7, 11) is -3.86. The van der Waals surface area contributed by atoms with Crippen LogP contribution >= 0.6 is 0 Å². The van der Waals surface area contributed by atoms with E-state index in [9.17, 15) is 8.42 Å². The molecule has 1 saturated heterocycles. The summed E-state index contributed by atoms with van der Waals surface area (Å²) in [5.41, 5.74) is 3.03. The van der Waals surface area contributed by atoms with Crippen LogP contribution in [0.4, 0.5) is 5.82 Å². The van der Waals surface area contributed by atoms with Gasteiger partial charge in [0, 0.05) is 18.5 Å². The van der Waals surface area contributed by atoms with E-state index in [1.807, 2.05) is 44.2 Å². The van der Waals surface area contributed by atoms with Crippen molar-refractivity contribution >= 4 is 32.2 Å². The van der Waals surface area contributed by atoms with E-state index in [4.69, 9.17) is 4.98 Å². The minimum Gasteiger partial charge on any atom is -0.356 e. The van der Waals surface area contributed by atoms with Crippen molar-refractivity contribution in [2.75, 3.05) is 18.0 Å². The summed E-state index contributed by atoms with van der Waals surface area (Å²) in [5, 5.41) is 9.12. The second kappa shape index (κ2) is 7.30. The Labute approximate surface area is 181 Å². The summed E-state index contributed by atoms with van der Waals surface area (Å²) in [6.45, 7) is 7.92. The Morgan fingerprint density at radius 1 is 1.00 bits per heavy atom. The zero-order valence-corrected chi connectivity index (χ0v) is 18.7. The summed E-state index contributed by atoms with van der Waals surface area (Å²) >= 11 is 0. The number of para-hydroxylation sites is 1. The van der Waals surface area contributed by atoms with Gasteiger partial charge in [0.25, 0.3) is 0 Å². The molecule has 7 nitrogen and oxygen atoms in total. The maximum atomic E-state index is 13.5. The number of benzene rings is 2. The molecular weight excluding hydrogens is 410 g/mol. The number of hydrogen-bond acceptors (Lipinski definition) is 6. The van der Waals surface area contributed by atoms with Crippen LogP contribution in [0.15, 0.2) is 52.4 Å². The van der Waals surface area contributed by atoms with Gasteiger partial charge in [-0.25, -0.2) is 13.4 Å². The van der Waals surface area contributed by atoms with Crippen molar-refractivity contribution in [3.63, 3.8) is 0 Å². The molecule has 0 amide bonds. The van der Waals surface area contributed by atoms with E-state index in [1.165, 1.54) is 0 Å².